The second kappa shape index (κ2) is 29.7. The number of methoxy groups -OCH3 is 3. The van der Waals surface area contributed by atoms with Gasteiger partial charge >= 0.3 is 221 Å². The van der Waals surface area contributed by atoms with Crippen LogP contribution in [0.15, 0.2) is 97.1 Å². The summed E-state index contributed by atoms with van der Waals surface area (Å²) in [6.07, 6.45) is 7.23. The summed E-state index contributed by atoms with van der Waals surface area (Å²) in [7, 11) is 4.70. The number of hydrogen-bond donors (Lipinski definition) is 2. The van der Waals surface area contributed by atoms with Crippen LogP contribution in [0.4, 0.5) is 4.79 Å². The van der Waals surface area contributed by atoms with Crippen molar-refractivity contribution in [2.75, 3.05) is 27.1 Å². The van der Waals surface area contributed by atoms with Crippen LogP contribution in [0.5, 0.6) is 17.2 Å². The van der Waals surface area contributed by atoms with Gasteiger partial charge in [-0.25, -0.2) is 4.79 Å². The summed E-state index contributed by atoms with van der Waals surface area (Å²) in [5, 5.41) is 5.42. The van der Waals surface area contributed by atoms with Gasteiger partial charge in [-0.05, 0) is 53.9 Å². The zero-order valence-electron chi connectivity index (χ0n) is 39.7. The van der Waals surface area contributed by atoms with Crippen molar-refractivity contribution in [2.24, 2.45) is 0 Å². The molecule has 0 saturated heterocycles. The Morgan fingerprint density at radius 1 is 0.530 bits per heavy atom. The molecule has 4 aromatic carbocycles. The Morgan fingerprint density at radius 3 is 1.35 bits per heavy atom. The van der Waals surface area contributed by atoms with Crippen molar-refractivity contribution in [3.05, 3.63) is 119 Å². The molecule has 358 valence electrons. The van der Waals surface area contributed by atoms with Crippen LogP contribution < -0.4 is 28.4 Å². The summed E-state index contributed by atoms with van der Waals surface area (Å²) < 4.78 is 38.3. The molecule has 0 saturated carbocycles. The molecule has 14 heteroatoms. The molecule has 66 heavy (non-hydrogen) atoms. The Bertz CT molecular complexity index is 2030. The van der Waals surface area contributed by atoms with Gasteiger partial charge < -0.3 is 23.7 Å². The van der Waals surface area contributed by atoms with E-state index in [1.807, 2.05) is 0 Å². The molecular weight excluding hydrogens is 963 g/mol. The van der Waals surface area contributed by atoms with Gasteiger partial charge in [0.1, 0.15) is 30.5 Å². The monoisotopic (exact) mass is 1030 g/mol. The average Bonchev–Trinajstić information content (AvgIpc) is 3.35. The van der Waals surface area contributed by atoms with Gasteiger partial charge in [0.05, 0.1) is 21.3 Å². The molecular formula is C52H70N2O10SSn. The van der Waals surface area contributed by atoms with Crippen LogP contribution in [0, 0.1) is 0 Å². The molecule has 0 aliphatic heterocycles. The second-order valence-corrected chi connectivity index (χ2v) is 30.8. The van der Waals surface area contributed by atoms with Crippen LogP contribution in [0.1, 0.15) is 94.4 Å². The van der Waals surface area contributed by atoms with Crippen molar-refractivity contribution >= 4 is 57.7 Å². The third-order valence-electron chi connectivity index (χ3n) is 11.6. The van der Waals surface area contributed by atoms with E-state index < -0.39 is 54.4 Å². The molecule has 2 N–H and O–H groups in total. The van der Waals surface area contributed by atoms with Crippen LogP contribution in [-0.2, 0) is 54.2 Å². The zero-order valence-corrected chi connectivity index (χ0v) is 43.4. The SMILES string of the molecule is CCC[CH2][Sn]([CH2]CCC)([CH2]CCC)[c]1ccc(CSCC(NC(=O)NC(CCC(=O)OCc2ccc(OC)cc2)C(=O)OCc2ccc(OC)cc2)C(=O)OCc2ccc(OC)cc2)cc1. The Labute approximate surface area is 400 Å². The molecule has 0 radical (unpaired) electrons. The van der Waals surface area contributed by atoms with E-state index in [4.69, 9.17) is 28.4 Å². The fourth-order valence-electron chi connectivity index (χ4n) is 7.55. The molecule has 12 nitrogen and oxygen atoms in total. The van der Waals surface area contributed by atoms with Crippen LogP contribution in [0.3, 0.4) is 0 Å². The van der Waals surface area contributed by atoms with Crippen LogP contribution >= 0.6 is 11.8 Å². The topological polar surface area (TPSA) is 148 Å². The summed E-state index contributed by atoms with van der Waals surface area (Å²) in [4.78, 5) is 54.0. The summed E-state index contributed by atoms with van der Waals surface area (Å²) in [5.41, 5.74) is 3.34. The third-order valence-corrected chi connectivity index (χ3v) is 28.4. The molecule has 0 heterocycles. The van der Waals surface area contributed by atoms with Crippen LogP contribution in [-0.4, -0.2) is 81.5 Å². The van der Waals surface area contributed by atoms with E-state index in [-0.39, 0.29) is 38.4 Å². The summed E-state index contributed by atoms with van der Waals surface area (Å²) >= 11 is -1.09. The third kappa shape index (κ3) is 18.4. The number of rotatable bonds is 30. The zero-order chi connectivity index (χ0) is 47.6. The fraction of sp³-hybridized carbons (Fsp3) is 0.462. The minimum atomic E-state index is -2.60. The maximum atomic E-state index is 13.8. The van der Waals surface area contributed by atoms with E-state index in [2.05, 4.69) is 55.7 Å². The molecule has 2 amide bonds. The number of nitrogens with one attached hydrogen (secondary N) is 2. The Morgan fingerprint density at radius 2 is 0.924 bits per heavy atom. The van der Waals surface area contributed by atoms with Crippen LogP contribution in [0.2, 0.25) is 13.3 Å². The van der Waals surface area contributed by atoms with Gasteiger partial charge in [-0.3, -0.25) is 4.79 Å². The normalized spacial score (nSPS) is 12.0. The molecule has 0 aromatic heterocycles. The van der Waals surface area contributed by atoms with E-state index >= 15 is 0 Å². The van der Waals surface area contributed by atoms with E-state index in [9.17, 15) is 19.2 Å². The van der Waals surface area contributed by atoms with Crippen molar-refractivity contribution in [3.8, 4) is 17.2 Å². The first-order valence-electron chi connectivity index (χ1n) is 23.2. The first-order chi connectivity index (χ1) is 32.0. The van der Waals surface area contributed by atoms with Crippen LogP contribution in [0.25, 0.3) is 0 Å². The van der Waals surface area contributed by atoms with Gasteiger partial charge in [0.2, 0.25) is 0 Å². The molecule has 0 fully saturated rings. The Hall–Kier alpha value is -4.89. The van der Waals surface area contributed by atoms with Gasteiger partial charge in [-0.15, -0.1) is 0 Å². The molecule has 0 aliphatic carbocycles. The number of amides is 2. The van der Waals surface area contributed by atoms with E-state index in [0.717, 1.165) is 16.7 Å². The summed E-state index contributed by atoms with van der Waals surface area (Å²) in [5.74, 6) is 0.856. The number of esters is 3. The Kier molecular flexibility index (Phi) is 24.2. The summed E-state index contributed by atoms with van der Waals surface area (Å²) in [6.45, 7) is 6.80. The molecule has 0 spiro atoms. The number of unbranched alkanes of at least 4 members (excludes halogenated alkanes) is 3. The molecule has 2 atom stereocenters. The number of carbonyl (C=O) groups excluding carboxylic acids is 4. The number of thioether (sulfide) groups is 1. The van der Waals surface area contributed by atoms with Crippen molar-refractivity contribution in [2.45, 2.75) is 123 Å². The molecule has 2 unspecified atom stereocenters. The average molecular weight is 1030 g/mol. The maximum absolute atomic E-state index is 13.8. The first-order valence-corrected chi connectivity index (χ1v) is 31.8. The van der Waals surface area contributed by atoms with E-state index in [0.29, 0.717) is 28.6 Å². The first kappa shape index (κ1) is 53.7. The predicted octanol–water partition coefficient (Wildman–Crippen LogP) is 10.0. The van der Waals surface area contributed by atoms with Gasteiger partial charge in [-0.1, -0.05) is 36.4 Å². The van der Waals surface area contributed by atoms with Crippen molar-refractivity contribution in [1.29, 1.82) is 0 Å². The van der Waals surface area contributed by atoms with E-state index in [1.165, 1.54) is 63.6 Å². The Balaban J connectivity index is 1.47. The van der Waals surface area contributed by atoms with Gasteiger partial charge in [-0.2, -0.15) is 0 Å². The predicted molar refractivity (Wildman–Crippen MR) is 264 cm³/mol. The van der Waals surface area contributed by atoms with Gasteiger partial charge in [0.15, 0.2) is 0 Å². The summed E-state index contributed by atoms with van der Waals surface area (Å²) in [6, 6.07) is 27.4. The number of hydrogen-bond acceptors (Lipinski definition) is 11. The molecule has 4 rings (SSSR count). The van der Waals surface area contributed by atoms with Crippen molar-refractivity contribution in [3.63, 3.8) is 0 Å². The molecule has 0 bridgehead atoms. The quantitative estimate of drug-likeness (QED) is 0.0292. The second-order valence-electron chi connectivity index (χ2n) is 16.5. The number of carbonyl (C=O) groups is 4. The molecule has 4 aromatic rings. The fourth-order valence-corrected chi connectivity index (χ4v) is 24.5. The van der Waals surface area contributed by atoms with E-state index in [1.54, 1.807) is 97.7 Å². The number of ether oxygens (including phenoxy) is 6. The van der Waals surface area contributed by atoms with Crippen molar-refractivity contribution < 1.29 is 47.6 Å². The minimum absolute atomic E-state index is 0.0184. The van der Waals surface area contributed by atoms with Crippen molar-refractivity contribution in [1.82, 2.24) is 10.6 Å². The standard InChI is InChI=1S/C40H43N2O10S.3C4H9.Sn/c1-47-32-15-9-28(10-16-32)23-50-37(43)22-21-35(38(44)51-24-29-11-17-33(48-2)18-12-29)41-40(46)42-36(27-53-26-31-7-5-4-6-8-31)39(45)52-25-30-13-19-34(49-3)20-14-30;3*1-3-4-2;/h5-20,35-36H,21-27H2,1-3H3,(H2,41,42,46);3*1,3-4H2,2H3;. The number of benzene rings is 4. The van der Waals surface area contributed by atoms with Gasteiger partial charge in [0.25, 0.3) is 0 Å². The molecule has 0 aliphatic rings. The van der Waals surface area contributed by atoms with Gasteiger partial charge in [0, 0.05) is 6.42 Å². The number of urea groups is 1.